The summed E-state index contributed by atoms with van der Waals surface area (Å²) in [6.07, 6.45) is 2.98. The number of carbonyl (C=O) groups is 1. The smallest absolute Gasteiger partial charge is 0.427 e. The van der Waals surface area contributed by atoms with E-state index in [0.29, 0.717) is 11.3 Å². The number of para-hydroxylation sites is 1. The summed E-state index contributed by atoms with van der Waals surface area (Å²) in [5, 5.41) is 15.8. The quantitative estimate of drug-likeness (QED) is 0.448. The molecule has 2 aliphatic rings. The first-order valence-electron chi connectivity index (χ1n) is 11.9. The van der Waals surface area contributed by atoms with E-state index in [9.17, 15) is 9.90 Å². The van der Waals surface area contributed by atoms with Crippen LogP contribution in [0.5, 0.6) is 5.75 Å². The molecule has 2 unspecified atom stereocenters. The Hall–Kier alpha value is -3.32. The molecule has 4 rings (SSSR count). The third-order valence-electron chi connectivity index (χ3n) is 6.72. The van der Waals surface area contributed by atoms with Crippen LogP contribution < -0.4 is 10.2 Å². The van der Waals surface area contributed by atoms with E-state index in [1.807, 2.05) is 49.4 Å². The van der Waals surface area contributed by atoms with Gasteiger partial charge in [-0.05, 0) is 50.6 Å². The lowest BCUT2D eigenvalue weighted by molar-refractivity contribution is 0.171. The molecule has 1 amide bonds. The number of aliphatic hydroxyl groups is 1. The van der Waals surface area contributed by atoms with Crippen LogP contribution in [0.2, 0.25) is 0 Å². The maximum Gasteiger partial charge on any atom is 0.427 e. The van der Waals surface area contributed by atoms with E-state index in [0.717, 1.165) is 36.5 Å². The number of carbonyl (C=O) groups excluding carboxylic acids is 1. The van der Waals surface area contributed by atoms with Crippen molar-refractivity contribution in [3.8, 4) is 5.75 Å². The van der Waals surface area contributed by atoms with Gasteiger partial charge in [0.15, 0.2) is 0 Å². The third-order valence-corrected chi connectivity index (χ3v) is 6.72. The third kappa shape index (κ3) is 5.42. The fourth-order valence-corrected chi connectivity index (χ4v) is 4.92. The van der Waals surface area contributed by atoms with E-state index in [-0.39, 0.29) is 24.2 Å². The van der Waals surface area contributed by atoms with Crippen molar-refractivity contribution in [3.05, 3.63) is 71.3 Å². The molecule has 0 aromatic heterocycles. The molecule has 7 nitrogen and oxygen atoms in total. The van der Waals surface area contributed by atoms with Gasteiger partial charge < -0.3 is 19.5 Å². The van der Waals surface area contributed by atoms with Gasteiger partial charge in [-0.3, -0.25) is 0 Å². The standard InChI is InChI=1S/C27H33N3O4/c1-19(28-29-27(32)33-2)22(17-30-15-9-4-10-16-30)25(20-11-5-3-6-12-20)23-18-34-24-14-8-7-13-21(24)26(23)31/h3,5-8,11-14,22,25,31H,4,9-10,15-18H2,1-2H3,(H,29,32)/b28-19+. The summed E-state index contributed by atoms with van der Waals surface area (Å²) in [4.78, 5) is 14.2. The van der Waals surface area contributed by atoms with Gasteiger partial charge in [-0.1, -0.05) is 48.9 Å². The van der Waals surface area contributed by atoms with Gasteiger partial charge in [0.25, 0.3) is 0 Å². The molecular weight excluding hydrogens is 430 g/mol. The van der Waals surface area contributed by atoms with Crippen molar-refractivity contribution < 1.29 is 19.4 Å². The van der Waals surface area contributed by atoms with Crippen LogP contribution in [0.15, 0.2) is 65.3 Å². The zero-order valence-electron chi connectivity index (χ0n) is 19.9. The van der Waals surface area contributed by atoms with Gasteiger partial charge in [0.1, 0.15) is 18.1 Å². The van der Waals surface area contributed by atoms with E-state index >= 15 is 0 Å². The molecule has 180 valence electrons. The summed E-state index contributed by atoms with van der Waals surface area (Å²) in [7, 11) is 1.32. The Labute approximate surface area is 201 Å². The van der Waals surface area contributed by atoms with Gasteiger partial charge in [-0.15, -0.1) is 0 Å². The normalized spacial score (nSPS) is 18.5. The lowest BCUT2D eigenvalue weighted by Gasteiger charge is -2.37. The molecule has 2 atom stereocenters. The molecule has 7 heteroatoms. The number of benzene rings is 2. The van der Waals surface area contributed by atoms with Gasteiger partial charge in [0, 0.05) is 29.7 Å². The minimum atomic E-state index is -0.607. The zero-order chi connectivity index (χ0) is 23.9. The number of hydrogen-bond donors (Lipinski definition) is 2. The molecule has 2 heterocycles. The lowest BCUT2D eigenvalue weighted by atomic mass is 9.76. The predicted molar refractivity (Wildman–Crippen MR) is 133 cm³/mol. The van der Waals surface area contributed by atoms with Gasteiger partial charge >= 0.3 is 6.09 Å². The SMILES string of the molecule is COC(=O)N/N=C(\C)C(CN1CCCCC1)C(C1=C(O)c2ccccc2OC1)c1ccccc1. The fraction of sp³-hybridized carbons (Fsp3) is 0.407. The number of amides is 1. The van der Waals surface area contributed by atoms with Crippen LogP contribution in [-0.4, -0.2) is 55.2 Å². The van der Waals surface area contributed by atoms with Crippen LogP contribution in [0.3, 0.4) is 0 Å². The number of rotatable bonds is 7. The van der Waals surface area contributed by atoms with Crippen molar-refractivity contribution in [2.45, 2.75) is 32.1 Å². The molecule has 2 aliphatic heterocycles. The largest absolute Gasteiger partial charge is 0.507 e. The van der Waals surface area contributed by atoms with Crippen molar-refractivity contribution in [1.82, 2.24) is 10.3 Å². The van der Waals surface area contributed by atoms with Crippen LogP contribution >= 0.6 is 0 Å². The molecule has 1 fully saturated rings. The molecule has 0 aliphatic carbocycles. The van der Waals surface area contributed by atoms with Crippen molar-refractivity contribution in [3.63, 3.8) is 0 Å². The Kier molecular flexibility index (Phi) is 7.85. The molecular formula is C27H33N3O4. The maximum atomic E-state index is 11.7. The lowest BCUT2D eigenvalue weighted by Crippen LogP contribution is -2.40. The second-order valence-corrected chi connectivity index (χ2v) is 8.87. The Bertz CT molecular complexity index is 1040. The minimum Gasteiger partial charge on any atom is -0.507 e. The van der Waals surface area contributed by atoms with E-state index in [4.69, 9.17) is 9.47 Å². The molecule has 2 aromatic rings. The molecule has 2 N–H and O–H groups in total. The second-order valence-electron chi connectivity index (χ2n) is 8.87. The Morgan fingerprint density at radius 3 is 2.56 bits per heavy atom. The minimum absolute atomic E-state index is 0.0938. The van der Waals surface area contributed by atoms with Gasteiger partial charge in [-0.2, -0.15) is 5.10 Å². The highest BCUT2D eigenvalue weighted by Gasteiger charge is 2.35. The molecule has 2 aromatic carbocycles. The number of hydrogen-bond acceptors (Lipinski definition) is 6. The number of nitrogens with zero attached hydrogens (tertiary/aromatic N) is 2. The Balaban J connectivity index is 1.79. The summed E-state index contributed by atoms with van der Waals surface area (Å²) >= 11 is 0. The Morgan fingerprint density at radius 1 is 1.12 bits per heavy atom. The summed E-state index contributed by atoms with van der Waals surface area (Å²) in [5.41, 5.74) is 5.84. The highest BCUT2D eigenvalue weighted by Crippen LogP contribution is 2.42. The van der Waals surface area contributed by atoms with Crippen LogP contribution in [0, 0.1) is 5.92 Å². The number of hydrazone groups is 1. The first kappa shape index (κ1) is 23.8. The van der Waals surface area contributed by atoms with Gasteiger partial charge in [0.2, 0.25) is 0 Å². The average molecular weight is 464 g/mol. The number of fused-ring (bicyclic) bond motifs is 1. The van der Waals surface area contributed by atoms with E-state index < -0.39 is 6.09 Å². The molecule has 0 saturated carbocycles. The highest BCUT2D eigenvalue weighted by atomic mass is 16.5. The predicted octanol–water partition coefficient (Wildman–Crippen LogP) is 4.97. The van der Waals surface area contributed by atoms with Crippen LogP contribution in [0.25, 0.3) is 5.76 Å². The van der Waals surface area contributed by atoms with Crippen LogP contribution in [-0.2, 0) is 4.74 Å². The number of likely N-dealkylation sites (tertiary alicyclic amines) is 1. The molecule has 34 heavy (non-hydrogen) atoms. The number of methoxy groups -OCH3 is 1. The van der Waals surface area contributed by atoms with Crippen molar-refractivity contribution in [2.24, 2.45) is 11.0 Å². The highest BCUT2D eigenvalue weighted by molar-refractivity contribution is 5.87. The van der Waals surface area contributed by atoms with Crippen molar-refractivity contribution in [2.75, 3.05) is 33.4 Å². The number of aliphatic hydroxyl groups excluding tert-OH is 1. The van der Waals surface area contributed by atoms with Gasteiger partial charge in [0.05, 0.1) is 12.7 Å². The molecule has 0 spiro atoms. The van der Waals surface area contributed by atoms with Crippen molar-refractivity contribution >= 4 is 17.6 Å². The number of ether oxygens (including phenoxy) is 2. The average Bonchev–Trinajstić information content (AvgIpc) is 2.89. The topological polar surface area (TPSA) is 83.4 Å². The van der Waals surface area contributed by atoms with Crippen LogP contribution in [0.1, 0.15) is 43.2 Å². The van der Waals surface area contributed by atoms with Crippen molar-refractivity contribution in [1.29, 1.82) is 0 Å². The van der Waals surface area contributed by atoms with Gasteiger partial charge in [-0.25, -0.2) is 10.2 Å². The Morgan fingerprint density at radius 2 is 1.82 bits per heavy atom. The van der Waals surface area contributed by atoms with Crippen LogP contribution in [0.4, 0.5) is 4.79 Å². The fourth-order valence-electron chi connectivity index (χ4n) is 4.92. The molecule has 0 radical (unpaired) electrons. The number of piperidine rings is 1. The van der Waals surface area contributed by atoms with E-state index in [1.165, 1.54) is 26.4 Å². The monoisotopic (exact) mass is 463 g/mol. The summed E-state index contributed by atoms with van der Waals surface area (Å²) in [6, 6.07) is 17.7. The summed E-state index contributed by atoms with van der Waals surface area (Å²) in [5.74, 6) is 0.664. The molecule has 0 bridgehead atoms. The molecule has 1 saturated heterocycles. The van der Waals surface area contributed by atoms with E-state index in [2.05, 4.69) is 27.6 Å². The van der Waals surface area contributed by atoms with E-state index in [1.54, 1.807) is 0 Å². The second kappa shape index (κ2) is 11.2. The first-order valence-corrected chi connectivity index (χ1v) is 11.9. The summed E-state index contributed by atoms with van der Waals surface area (Å²) in [6.45, 7) is 5.03. The maximum absolute atomic E-state index is 11.7. The first-order chi connectivity index (χ1) is 16.6. The number of nitrogens with one attached hydrogen (secondary N) is 1. The zero-order valence-corrected chi connectivity index (χ0v) is 19.9. The summed E-state index contributed by atoms with van der Waals surface area (Å²) < 4.78 is 10.8.